The molecule has 1 atom stereocenters. The van der Waals surface area contributed by atoms with Crippen LogP contribution in [-0.4, -0.2) is 35.6 Å². The van der Waals surface area contributed by atoms with Crippen LogP contribution >= 0.6 is 0 Å². The summed E-state index contributed by atoms with van der Waals surface area (Å²) in [6, 6.07) is 7.55. The van der Waals surface area contributed by atoms with Gasteiger partial charge in [-0.15, -0.1) is 0 Å². The zero-order chi connectivity index (χ0) is 14.4. The van der Waals surface area contributed by atoms with E-state index in [-0.39, 0.29) is 25.0 Å². The minimum absolute atomic E-state index is 0.0639. The lowest BCUT2D eigenvalue weighted by Gasteiger charge is -2.26. The Kier molecular flexibility index (Phi) is 5.36. The monoisotopic (exact) mass is 264 g/mol. The summed E-state index contributed by atoms with van der Waals surface area (Å²) in [5.41, 5.74) is 2.21. The fraction of sp³-hybridized carbons (Fsp3) is 0.429. The van der Waals surface area contributed by atoms with Crippen LogP contribution in [0.2, 0.25) is 0 Å². The molecule has 5 nitrogen and oxygen atoms in total. The zero-order valence-corrected chi connectivity index (χ0v) is 11.5. The van der Waals surface area contributed by atoms with Crippen molar-refractivity contribution in [2.45, 2.75) is 26.3 Å². The molecule has 19 heavy (non-hydrogen) atoms. The third-order valence-electron chi connectivity index (χ3n) is 3.15. The molecule has 1 aromatic carbocycles. The van der Waals surface area contributed by atoms with Gasteiger partial charge in [0.1, 0.15) is 0 Å². The van der Waals surface area contributed by atoms with Gasteiger partial charge in [-0.05, 0) is 25.0 Å². The molecule has 0 saturated heterocycles. The summed E-state index contributed by atoms with van der Waals surface area (Å²) >= 11 is 0. The number of carbonyl (C=O) groups is 2. The number of hydrogen-bond donors (Lipinski definition) is 2. The van der Waals surface area contributed by atoms with Crippen molar-refractivity contribution in [2.75, 3.05) is 13.6 Å². The molecule has 0 radical (unpaired) electrons. The van der Waals surface area contributed by atoms with Crippen molar-refractivity contribution < 1.29 is 14.7 Å². The lowest BCUT2D eigenvalue weighted by Crippen LogP contribution is -2.39. The number of nitrogens with zero attached hydrogens (tertiary/aromatic N) is 1. The van der Waals surface area contributed by atoms with Crippen molar-refractivity contribution in [3.05, 3.63) is 35.4 Å². The smallest absolute Gasteiger partial charge is 0.317 e. The zero-order valence-electron chi connectivity index (χ0n) is 11.5. The highest BCUT2D eigenvalue weighted by atomic mass is 16.4. The van der Waals surface area contributed by atoms with Crippen LogP contribution in [-0.2, 0) is 4.79 Å². The summed E-state index contributed by atoms with van der Waals surface area (Å²) in [6.45, 7) is 4.08. The van der Waals surface area contributed by atoms with Gasteiger partial charge in [0.25, 0.3) is 0 Å². The average Bonchev–Trinajstić information content (AvgIpc) is 2.37. The van der Waals surface area contributed by atoms with Crippen LogP contribution in [0.15, 0.2) is 24.3 Å². The number of carboxylic acid groups (broad SMARTS) is 1. The molecular weight excluding hydrogens is 244 g/mol. The van der Waals surface area contributed by atoms with E-state index in [9.17, 15) is 9.59 Å². The molecule has 1 unspecified atom stereocenters. The quantitative estimate of drug-likeness (QED) is 0.856. The van der Waals surface area contributed by atoms with E-state index in [1.54, 1.807) is 11.9 Å². The SMILES string of the molecule is Cc1ccccc1C(C)N(C)C(=O)NCCC(=O)O. The van der Waals surface area contributed by atoms with Crippen molar-refractivity contribution in [2.24, 2.45) is 0 Å². The molecule has 0 fully saturated rings. The standard InChI is InChI=1S/C14H20N2O3/c1-10-6-4-5-7-12(10)11(2)16(3)14(19)15-9-8-13(17)18/h4-7,11H,8-9H2,1-3H3,(H,15,19)(H,17,18). The number of carboxylic acids is 1. The van der Waals surface area contributed by atoms with Crippen molar-refractivity contribution in [3.8, 4) is 0 Å². The second kappa shape index (κ2) is 6.78. The normalized spacial score (nSPS) is 11.7. The van der Waals surface area contributed by atoms with Gasteiger partial charge in [0.2, 0.25) is 0 Å². The Morgan fingerprint density at radius 1 is 1.37 bits per heavy atom. The van der Waals surface area contributed by atoms with Crippen LogP contribution in [0.25, 0.3) is 0 Å². The van der Waals surface area contributed by atoms with Gasteiger partial charge >= 0.3 is 12.0 Å². The van der Waals surface area contributed by atoms with E-state index < -0.39 is 5.97 Å². The highest BCUT2D eigenvalue weighted by Crippen LogP contribution is 2.21. The fourth-order valence-corrected chi connectivity index (χ4v) is 1.84. The number of benzene rings is 1. The molecule has 0 bridgehead atoms. The fourth-order valence-electron chi connectivity index (χ4n) is 1.84. The van der Waals surface area contributed by atoms with Crippen molar-refractivity contribution in [1.29, 1.82) is 0 Å². The van der Waals surface area contributed by atoms with Crippen molar-refractivity contribution >= 4 is 12.0 Å². The number of carbonyl (C=O) groups excluding carboxylic acids is 1. The predicted octanol–water partition coefficient (Wildman–Crippen LogP) is 2.17. The highest BCUT2D eigenvalue weighted by molar-refractivity contribution is 5.75. The van der Waals surface area contributed by atoms with E-state index in [0.29, 0.717) is 0 Å². The van der Waals surface area contributed by atoms with E-state index in [4.69, 9.17) is 5.11 Å². The Labute approximate surface area is 113 Å². The van der Waals surface area contributed by atoms with E-state index in [2.05, 4.69) is 5.32 Å². The maximum absolute atomic E-state index is 11.9. The van der Waals surface area contributed by atoms with Crippen LogP contribution in [0.4, 0.5) is 4.79 Å². The van der Waals surface area contributed by atoms with E-state index >= 15 is 0 Å². The molecule has 0 aromatic heterocycles. The largest absolute Gasteiger partial charge is 0.481 e. The topological polar surface area (TPSA) is 69.6 Å². The van der Waals surface area contributed by atoms with Gasteiger partial charge in [-0.25, -0.2) is 4.79 Å². The summed E-state index contributed by atoms with van der Waals surface area (Å²) < 4.78 is 0. The van der Waals surface area contributed by atoms with Crippen LogP contribution < -0.4 is 5.32 Å². The first-order valence-corrected chi connectivity index (χ1v) is 6.21. The van der Waals surface area contributed by atoms with Gasteiger partial charge < -0.3 is 15.3 Å². The van der Waals surface area contributed by atoms with Gasteiger partial charge in [-0.2, -0.15) is 0 Å². The Hall–Kier alpha value is -2.04. The minimum Gasteiger partial charge on any atom is -0.481 e. The summed E-state index contributed by atoms with van der Waals surface area (Å²) in [5, 5.41) is 11.1. The molecule has 2 amide bonds. The maximum Gasteiger partial charge on any atom is 0.317 e. The molecule has 2 N–H and O–H groups in total. The van der Waals surface area contributed by atoms with Crippen LogP contribution in [0.1, 0.15) is 30.5 Å². The average molecular weight is 264 g/mol. The first-order valence-electron chi connectivity index (χ1n) is 6.21. The molecule has 0 spiro atoms. The van der Waals surface area contributed by atoms with Crippen LogP contribution in [0.3, 0.4) is 0 Å². The van der Waals surface area contributed by atoms with Crippen molar-refractivity contribution in [3.63, 3.8) is 0 Å². The summed E-state index contributed by atoms with van der Waals surface area (Å²) in [6.07, 6.45) is -0.0711. The number of rotatable bonds is 5. The Bertz CT molecular complexity index is 460. The molecule has 1 rings (SSSR count). The van der Waals surface area contributed by atoms with Gasteiger partial charge in [0.15, 0.2) is 0 Å². The lowest BCUT2D eigenvalue weighted by molar-refractivity contribution is -0.136. The molecule has 1 aromatic rings. The maximum atomic E-state index is 11.9. The third-order valence-corrected chi connectivity index (χ3v) is 3.15. The highest BCUT2D eigenvalue weighted by Gasteiger charge is 2.18. The van der Waals surface area contributed by atoms with E-state index in [0.717, 1.165) is 11.1 Å². The number of nitrogens with one attached hydrogen (secondary N) is 1. The first-order chi connectivity index (χ1) is 8.93. The molecule has 0 aliphatic heterocycles. The molecule has 0 saturated carbocycles. The number of amides is 2. The Balaban J connectivity index is 2.61. The molecular formula is C14H20N2O3. The van der Waals surface area contributed by atoms with Crippen molar-refractivity contribution in [1.82, 2.24) is 10.2 Å². The molecule has 0 heterocycles. The van der Waals surface area contributed by atoms with Crippen LogP contribution in [0.5, 0.6) is 0 Å². The van der Waals surface area contributed by atoms with Gasteiger partial charge in [-0.3, -0.25) is 4.79 Å². The Morgan fingerprint density at radius 3 is 2.58 bits per heavy atom. The third kappa shape index (κ3) is 4.28. The van der Waals surface area contributed by atoms with E-state index in [1.165, 1.54) is 0 Å². The van der Waals surface area contributed by atoms with Crippen LogP contribution in [0, 0.1) is 6.92 Å². The summed E-state index contributed by atoms with van der Waals surface area (Å²) in [7, 11) is 1.70. The number of hydrogen-bond acceptors (Lipinski definition) is 2. The lowest BCUT2D eigenvalue weighted by atomic mass is 10.0. The molecule has 0 aliphatic rings. The first kappa shape index (κ1) is 15.0. The second-order valence-corrected chi connectivity index (χ2v) is 4.52. The summed E-state index contributed by atoms with van der Waals surface area (Å²) in [5.74, 6) is -0.921. The number of aliphatic carboxylic acids is 1. The molecule has 104 valence electrons. The predicted molar refractivity (Wildman–Crippen MR) is 73.0 cm³/mol. The Morgan fingerprint density at radius 2 is 2.00 bits per heavy atom. The molecule has 5 heteroatoms. The van der Waals surface area contributed by atoms with Gasteiger partial charge in [0.05, 0.1) is 12.5 Å². The van der Waals surface area contributed by atoms with Gasteiger partial charge in [0, 0.05) is 13.6 Å². The van der Waals surface area contributed by atoms with Gasteiger partial charge in [-0.1, -0.05) is 24.3 Å². The second-order valence-electron chi connectivity index (χ2n) is 4.52. The van der Waals surface area contributed by atoms with E-state index in [1.807, 2.05) is 38.1 Å². The minimum atomic E-state index is -0.921. The summed E-state index contributed by atoms with van der Waals surface area (Å²) in [4.78, 5) is 23.8. The number of aryl methyl sites for hydroxylation is 1. The molecule has 0 aliphatic carbocycles. The number of urea groups is 1.